The maximum atomic E-state index is 9.75. The monoisotopic (exact) mass is 681 g/mol. The molecule has 8 aromatic carbocycles. The van der Waals surface area contributed by atoms with E-state index < -0.39 is 0 Å². The van der Waals surface area contributed by atoms with Gasteiger partial charge in [0.15, 0.2) is 0 Å². The van der Waals surface area contributed by atoms with Crippen molar-refractivity contribution in [3.05, 3.63) is 151 Å². The molecule has 0 aliphatic heterocycles. The van der Waals surface area contributed by atoms with Crippen molar-refractivity contribution in [2.75, 3.05) is 0 Å². The van der Waals surface area contributed by atoms with Gasteiger partial charge < -0.3 is 9.68 Å². The molecule has 1 N–H and O–H groups in total. The van der Waals surface area contributed by atoms with E-state index in [-0.39, 0.29) is 5.41 Å². The van der Waals surface area contributed by atoms with Crippen LogP contribution in [0.5, 0.6) is 5.75 Å². The summed E-state index contributed by atoms with van der Waals surface area (Å²) in [7, 11) is 0.795. The van der Waals surface area contributed by atoms with Crippen LogP contribution in [0.25, 0.3) is 76.5 Å². The predicted octanol–water partition coefficient (Wildman–Crippen LogP) is 12.3. The van der Waals surface area contributed by atoms with E-state index >= 15 is 0 Å². The third-order valence-corrected chi connectivity index (χ3v) is 14.1. The highest BCUT2D eigenvalue weighted by Crippen LogP contribution is 2.70. The minimum absolute atomic E-state index is 0.0987. The van der Waals surface area contributed by atoms with Gasteiger partial charge in [-0.25, -0.2) is 0 Å². The van der Waals surface area contributed by atoms with E-state index in [0.29, 0.717) is 17.6 Å². The molecule has 0 atom stereocenters. The maximum Gasteiger partial charge on any atom is 0.569 e. The first-order valence-corrected chi connectivity index (χ1v) is 19.5. The summed E-state index contributed by atoms with van der Waals surface area (Å²) in [4.78, 5) is 0. The van der Waals surface area contributed by atoms with Gasteiger partial charge in [0, 0.05) is 16.2 Å². The Kier molecular flexibility index (Phi) is 6.29. The van der Waals surface area contributed by atoms with E-state index in [4.69, 9.17) is 4.65 Å². The second kappa shape index (κ2) is 11.1. The Labute approximate surface area is 310 Å². The second-order valence-electron chi connectivity index (χ2n) is 16.4. The van der Waals surface area contributed by atoms with Crippen LogP contribution in [0.3, 0.4) is 0 Å². The average molecular weight is 682 g/mol. The fourth-order valence-corrected chi connectivity index (χ4v) is 12.4. The molecule has 0 unspecified atom stereocenters. The van der Waals surface area contributed by atoms with Crippen LogP contribution in [0.15, 0.2) is 140 Å². The first-order chi connectivity index (χ1) is 26.2. The lowest BCUT2D eigenvalue weighted by Gasteiger charge is -2.61. The maximum absolute atomic E-state index is 9.75. The molecular weight excluding hydrogens is 643 g/mol. The summed E-state index contributed by atoms with van der Waals surface area (Å²) in [5.41, 5.74) is 11.2. The average Bonchev–Trinajstić information content (AvgIpc) is 3.47. The van der Waals surface area contributed by atoms with Crippen LogP contribution in [0.4, 0.5) is 0 Å². The number of rotatable bonds is 4. The zero-order chi connectivity index (χ0) is 34.8. The molecule has 4 bridgehead atoms. The lowest BCUT2D eigenvalue weighted by molar-refractivity contribution is -0.0398. The quantitative estimate of drug-likeness (QED) is 0.148. The summed E-state index contributed by atoms with van der Waals surface area (Å²) in [6.07, 6.45) is 6.97. The summed E-state index contributed by atoms with van der Waals surface area (Å²) in [6.45, 7) is 0. The molecule has 8 aromatic rings. The molecule has 4 saturated carbocycles. The van der Waals surface area contributed by atoms with Crippen LogP contribution in [0.2, 0.25) is 0 Å². The van der Waals surface area contributed by atoms with E-state index in [1.165, 1.54) is 87.0 Å². The minimum Gasteiger partial charge on any atom is -0.537 e. The molecule has 0 aromatic heterocycles. The fraction of sp³-hybridized carbons (Fsp3) is 0.200. The third-order valence-electron chi connectivity index (χ3n) is 14.1. The highest BCUT2D eigenvalue weighted by Gasteiger charge is 2.61. The third kappa shape index (κ3) is 4.04. The molecule has 4 fully saturated rings. The normalized spacial score (nSPS) is 23.6. The predicted molar refractivity (Wildman–Crippen MR) is 219 cm³/mol. The van der Waals surface area contributed by atoms with Crippen LogP contribution in [0, 0.1) is 23.7 Å². The molecule has 0 amide bonds. The summed E-state index contributed by atoms with van der Waals surface area (Å²) in [5, 5.41) is 19.1. The zero-order valence-corrected chi connectivity index (χ0v) is 29.6. The standard InChI is InChI=1S/C50H38BO2/c52-51-53-49-43-13-5-3-11-41(43)48(42-12-4-6-14-44(42)49)40-18-8-16-37-36(15-7-17-38(37)40)33-19-20-39-45-26-31-9-1-2-10-32(31)27-47(45)50(46(39)28-33)34-22-29-21-30(24-34)25-35(50)23-29/h1-20,26-30,34-35,52H,21-25H2. The van der Waals surface area contributed by atoms with Crippen LogP contribution >= 0.6 is 0 Å². The van der Waals surface area contributed by atoms with E-state index in [0.717, 1.165) is 41.1 Å². The second-order valence-corrected chi connectivity index (χ2v) is 16.4. The van der Waals surface area contributed by atoms with E-state index in [2.05, 4.69) is 127 Å². The molecule has 2 nitrogen and oxygen atoms in total. The molecule has 53 heavy (non-hydrogen) atoms. The lowest BCUT2D eigenvalue weighted by Crippen LogP contribution is -2.55. The van der Waals surface area contributed by atoms with Crippen LogP contribution in [-0.4, -0.2) is 12.7 Å². The van der Waals surface area contributed by atoms with Gasteiger partial charge in [-0.3, -0.25) is 0 Å². The summed E-state index contributed by atoms with van der Waals surface area (Å²) in [5.74, 6) is 3.92. The van der Waals surface area contributed by atoms with Crippen LogP contribution < -0.4 is 4.65 Å². The number of benzene rings is 8. The molecular formula is C50H38BO2. The Balaban J connectivity index is 1.09. The molecule has 3 heteroatoms. The Hall–Kier alpha value is -5.38. The number of hydrogen-bond acceptors (Lipinski definition) is 2. The van der Waals surface area contributed by atoms with E-state index in [9.17, 15) is 5.02 Å². The van der Waals surface area contributed by atoms with Crippen LogP contribution in [0.1, 0.15) is 43.2 Å². The topological polar surface area (TPSA) is 29.5 Å². The Morgan fingerprint density at radius 1 is 0.472 bits per heavy atom. The van der Waals surface area contributed by atoms with Crippen molar-refractivity contribution in [1.82, 2.24) is 0 Å². The zero-order valence-electron chi connectivity index (χ0n) is 29.6. The molecule has 0 heterocycles. The molecule has 5 aliphatic carbocycles. The highest BCUT2D eigenvalue weighted by molar-refractivity contribution is 6.24. The van der Waals surface area contributed by atoms with Gasteiger partial charge in [-0.05, 0) is 151 Å². The molecule has 1 radical (unpaired) electrons. The Morgan fingerprint density at radius 3 is 1.68 bits per heavy atom. The molecule has 1 spiro atoms. The van der Waals surface area contributed by atoms with Crippen molar-refractivity contribution in [1.29, 1.82) is 0 Å². The Morgan fingerprint density at radius 2 is 1.02 bits per heavy atom. The number of hydrogen-bond donors (Lipinski definition) is 1. The minimum atomic E-state index is 0.0987. The van der Waals surface area contributed by atoms with Crippen molar-refractivity contribution in [3.63, 3.8) is 0 Å². The van der Waals surface area contributed by atoms with E-state index in [1.54, 1.807) is 11.1 Å². The first-order valence-electron chi connectivity index (χ1n) is 19.5. The SMILES string of the molecule is O[B]Oc1c2ccccc2c(-c2cccc3c(-c4ccc5c(c4)C4(c6cc7ccccc7cc6-5)C5CC6CC(C5)CC4C6)cccc23)c2ccccc12. The number of fused-ring (bicyclic) bond motifs is 7. The van der Waals surface area contributed by atoms with Gasteiger partial charge in [0.1, 0.15) is 5.75 Å². The molecule has 5 aliphatic rings. The molecule has 13 rings (SSSR count). The van der Waals surface area contributed by atoms with Gasteiger partial charge in [0.05, 0.1) is 0 Å². The largest absolute Gasteiger partial charge is 0.569 e. The van der Waals surface area contributed by atoms with Crippen molar-refractivity contribution in [3.8, 4) is 39.1 Å². The van der Waals surface area contributed by atoms with Gasteiger partial charge in [-0.2, -0.15) is 0 Å². The van der Waals surface area contributed by atoms with Gasteiger partial charge in [-0.1, -0.05) is 121 Å². The Bertz CT molecular complexity index is 2750. The lowest BCUT2D eigenvalue weighted by atomic mass is 9.43. The molecule has 253 valence electrons. The first kappa shape index (κ1) is 30.1. The van der Waals surface area contributed by atoms with Gasteiger partial charge in [-0.15, -0.1) is 0 Å². The molecule has 0 saturated heterocycles. The van der Waals surface area contributed by atoms with Crippen molar-refractivity contribution >= 4 is 50.8 Å². The fourth-order valence-electron chi connectivity index (χ4n) is 12.4. The summed E-state index contributed by atoms with van der Waals surface area (Å²) in [6, 6.07) is 52.1. The van der Waals surface area contributed by atoms with E-state index in [1.807, 2.05) is 12.1 Å². The summed E-state index contributed by atoms with van der Waals surface area (Å²) < 4.78 is 5.78. The highest BCUT2D eigenvalue weighted by atomic mass is 16.5. The smallest absolute Gasteiger partial charge is 0.537 e. The van der Waals surface area contributed by atoms with Crippen LogP contribution in [-0.2, 0) is 5.41 Å². The van der Waals surface area contributed by atoms with Crippen molar-refractivity contribution < 1.29 is 9.68 Å². The van der Waals surface area contributed by atoms with Crippen molar-refractivity contribution in [2.45, 2.75) is 37.5 Å². The van der Waals surface area contributed by atoms with Gasteiger partial charge >= 0.3 is 7.69 Å². The van der Waals surface area contributed by atoms with Gasteiger partial charge in [0.25, 0.3) is 0 Å². The summed E-state index contributed by atoms with van der Waals surface area (Å²) >= 11 is 0. The van der Waals surface area contributed by atoms with Gasteiger partial charge in [0.2, 0.25) is 0 Å². The van der Waals surface area contributed by atoms with Crippen molar-refractivity contribution in [2.24, 2.45) is 23.7 Å².